The first-order valence-corrected chi connectivity index (χ1v) is 10.5. The largest absolute Gasteiger partial charge is 0.478 e. The molecule has 0 radical (unpaired) electrons. The van der Waals surface area contributed by atoms with Gasteiger partial charge in [0.25, 0.3) is 0 Å². The molecule has 1 aliphatic carbocycles. The van der Waals surface area contributed by atoms with Crippen molar-refractivity contribution in [3.05, 3.63) is 65.7 Å². The third kappa shape index (κ3) is 6.06. The van der Waals surface area contributed by atoms with Crippen LogP contribution in [0.1, 0.15) is 48.0 Å². The molecule has 0 heterocycles. The van der Waals surface area contributed by atoms with Crippen LogP contribution in [-0.2, 0) is 16.1 Å². The molecule has 2 aromatic rings. The van der Waals surface area contributed by atoms with Gasteiger partial charge in [-0.15, -0.1) is 0 Å². The fourth-order valence-corrected chi connectivity index (χ4v) is 3.86. The van der Waals surface area contributed by atoms with E-state index in [0.29, 0.717) is 18.4 Å². The van der Waals surface area contributed by atoms with Crippen LogP contribution in [-0.4, -0.2) is 35.2 Å². The number of nitrogens with zero attached hydrogens (tertiary/aromatic N) is 1. The summed E-state index contributed by atoms with van der Waals surface area (Å²) in [5, 5.41) is 24.8. The zero-order valence-corrected chi connectivity index (χ0v) is 17.3. The smallest absolute Gasteiger partial charge is 0.335 e. The lowest BCUT2D eigenvalue weighted by atomic mass is 9.80. The van der Waals surface area contributed by atoms with E-state index in [0.717, 1.165) is 24.9 Å². The zero-order valence-electron chi connectivity index (χ0n) is 17.3. The second-order valence-corrected chi connectivity index (χ2v) is 7.81. The standard InChI is InChI=1S/C24H27N3O4/c25-15-21(17-31-16-18-8-7-9-19(14-18)22(28)29)26-23(30)24(12-5-2-6-13-24)27-20-10-3-1-4-11-20/h1,3-4,7-11,14,21,27H,2,5-6,12-13,16-17H2,(H,26,30)(H,28,29). The van der Waals surface area contributed by atoms with Gasteiger partial charge in [0.2, 0.25) is 5.91 Å². The Hall–Kier alpha value is -3.37. The lowest BCUT2D eigenvalue weighted by Crippen LogP contribution is -2.56. The molecule has 0 spiro atoms. The van der Waals surface area contributed by atoms with Crippen molar-refractivity contribution < 1.29 is 19.4 Å². The average molecular weight is 421 g/mol. The minimum absolute atomic E-state index is 0.0148. The predicted octanol–water partition coefficient (Wildman–Crippen LogP) is 3.72. The molecule has 1 aliphatic rings. The van der Waals surface area contributed by atoms with Gasteiger partial charge in [0, 0.05) is 5.69 Å². The molecule has 0 saturated heterocycles. The van der Waals surface area contributed by atoms with E-state index >= 15 is 0 Å². The fraction of sp³-hybridized carbons (Fsp3) is 0.375. The molecule has 0 aliphatic heterocycles. The van der Waals surface area contributed by atoms with Crippen molar-refractivity contribution in [2.45, 2.75) is 50.3 Å². The van der Waals surface area contributed by atoms with E-state index in [2.05, 4.69) is 16.7 Å². The van der Waals surface area contributed by atoms with Crippen molar-refractivity contribution in [2.75, 3.05) is 11.9 Å². The number of carboxylic acid groups (broad SMARTS) is 1. The summed E-state index contributed by atoms with van der Waals surface area (Å²) in [6.07, 6.45) is 4.39. The molecule has 0 bridgehead atoms. The molecule has 7 heteroatoms. The molecule has 1 unspecified atom stereocenters. The van der Waals surface area contributed by atoms with Crippen molar-refractivity contribution in [1.29, 1.82) is 5.26 Å². The number of aromatic carboxylic acids is 1. The quantitative estimate of drug-likeness (QED) is 0.569. The van der Waals surface area contributed by atoms with Crippen molar-refractivity contribution >= 4 is 17.6 Å². The van der Waals surface area contributed by atoms with Crippen molar-refractivity contribution in [3.8, 4) is 6.07 Å². The Morgan fingerprint density at radius 3 is 2.52 bits per heavy atom. The van der Waals surface area contributed by atoms with Gasteiger partial charge < -0.3 is 20.5 Å². The van der Waals surface area contributed by atoms with Crippen LogP contribution in [0, 0.1) is 11.3 Å². The Labute approximate surface area is 182 Å². The maximum absolute atomic E-state index is 13.2. The van der Waals surface area contributed by atoms with Crippen molar-refractivity contribution in [1.82, 2.24) is 5.32 Å². The lowest BCUT2D eigenvalue weighted by molar-refractivity contribution is -0.127. The number of ether oxygens (including phenoxy) is 1. The van der Waals surface area contributed by atoms with Gasteiger partial charge in [-0.05, 0) is 42.7 Å². The minimum Gasteiger partial charge on any atom is -0.478 e. The van der Waals surface area contributed by atoms with Gasteiger partial charge in [0.05, 0.1) is 24.8 Å². The van der Waals surface area contributed by atoms with Crippen LogP contribution in [0.25, 0.3) is 0 Å². The molecule has 162 valence electrons. The third-order valence-corrected chi connectivity index (χ3v) is 5.49. The maximum atomic E-state index is 13.2. The number of benzene rings is 2. The second-order valence-electron chi connectivity index (χ2n) is 7.81. The van der Waals surface area contributed by atoms with E-state index in [9.17, 15) is 14.9 Å². The second kappa shape index (κ2) is 10.6. The van der Waals surface area contributed by atoms with E-state index in [-0.39, 0.29) is 24.7 Å². The molecular weight excluding hydrogens is 394 g/mol. The molecule has 1 fully saturated rings. The molecule has 1 amide bonds. The van der Waals surface area contributed by atoms with Gasteiger partial charge in [-0.1, -0.05) is 49.6 Å². The van der Waals surface area contributed by atoms with E-state index < -0.39 is 17.6 Å². The van der Waals surface area contributed by atoms with Gasteiger partial charge in [-0.2, -0.15) is 5.26 Å². The van der Waals surface area contributed by atoms with Gasteiger partial charge >= 0.3 is 5.97 Å². The molecular formula is C24H27N3O4. The Kier molecular flexibility index (Phi) is 7.63. The first kappa shape index (κ1) is 22.3. The van der Waals surface area contributed by atoms with Gasteiger partial charge in [-0.3, -0.25) is 4.79 Å². The maximum Gasteiger partial charge on any atom is 0.335 e. The highest BCUT2D eigenvalue weighted by Gasteiger charge is 2.40. The summed E-state index contributed by atoms with van der Waals surface area (Å²) in [5.41, 5.74) is 1.00. The molecule has 1 atom stereocenters. The highest BCUT2D eigenvalue weighted by molar-refractivity contribution is 5.90. The summed E-state index contributed by atoms with van der Waals surface area (Å²) in [6.45, 7) is 0.170. The van der Waals surface area contributed by atoms with Gasteiger partial charge in [0.1, 0.15) is 11.6 Å². The van der Waals surface area contributed by atoms with Gasteiger partial charge in [-0.25, -0.2) is 4.79 Å². The summed E-state index contributed by atoms with van der Waals surface area (Å²) in [5.74, 6) is -1.20. The number of carbonyl (C=O) groups excluding carboxylic acids is 1. The van der Waals surface area contributed by atoms with Gasteiger partial charge in [0.15, 0.2) is 0 Å². The Morgan fingerprint density at radius 1 is 1.10 bits per heavy atom. The summed E-state index contributed by atoms with van der Waals surface area (Å²) < 4.78 is 5.60. The molecule has 31 heavy (non-hydrogen) atoms. The number of hydrogen-bond acceptors (Lipinski definition) is 5. The number of rotatable bonds is 9. The van der Waals surface area contributed by atoms with Crippen LogP contribution < -0.4 is 10.6 Å². The summed E-state index contributed by atoms with van der Waals surface area (Å²) in [7, 11) is 0. The van der Waals surface area contributed by atoms with Crippen LogP contribution in [0.15, 0.2) is 54.6 Å². The third-order valence-electron chi connectivity index (χ3n) is 5.49. The van der Waals surface area contributed by atoms with Crippen LogP contribution in [0.3, 0.4) is 0 Å². The van der Waals surface area contributed by atoms with E-state index in [4.69, 9.17) is 9.84 Å². The van der Waals surface area contributed by atoms with Crippen LogP contribution in [0.2, 0.25) is 0 Å². The molecule has 3 N–H and O–H groups in total. The zero-order chi connectivity index (χ0) is 22.1. The normalized spacial score (nSPS) is 16.0. The molecule has 1 saturated carbocycles. The number of nitriles is 1. The predicted molar refractivity (Wildman–Crippen MR) is 116 cm³/mol. The highest BCUT2D eigenvalue weighted by Crippen LogP contribution is 2.32. The SMILES string of the molecule is N#CC(COCc1cccc(C(=O)O)c1)NC(=O)C1(Nc2ccccc2)CCCCC1. The minimum atomic E-state index is -1.01. The average Bonchev–Trinajstić information content (AvgIpc) is 2.79. The Morgan fingerprint density at radius 2 is 1.84 bits per heavy atom. The number of amides is 1. The van der Waals surface area contributed by atoms with Crippen molar-refractivity contribution in [3.63, 3.8) is 0 Å². The Bertz CT molecular complexity index is 933. The lowest BCUT2D eigenvalue weighted by Gasteiger charge is -2.38. The van der Waals surface area contributed by atoms with Crippen LogP contribution in [0.4, 0.5) is 5.69 Å². The fourth-order valence-electron chi connectivity index (χ4n) is 3.86. The number of nitrogens with one attached hydrogen (secondary N) is 2. The number of para-hydroxylation sites is 1. The number of carbonyl (C=O) groups is 2. The first-order chi connectivity index (χ1) is 15.0. The summed E-state index contributed by atoms with van der Waals surface area (Å²) >= 11 is 0. The van der Waals surface area contributed by atoms with E-state index in [1.807, 2.05) is 30.3 Å². The van der Waals surface area contributed by atoms with Crippen molar-refractivity contribution in [2.24, 2.45) is 0 Å². The van der Waals surface area contributed by atoms with E-state index in [1.54, 1.807) is 12.1 Å². The monoisotopic (exact) mass is 421 g/mol. The first-order valence-electron chi connectivity index (χ1n) is 10.5. The molecule has 0 aromatic heterocycles. The number of carboxylic acids is 1. The summed E-state index contributed by atoms with van der Waals surface area (Å²) in [4.78, 5) is 24.3. The number of anilines is 1. The van der Waals surface area contributed by atoms with Crippen LogP contribution >= 0.6 is 0 Å². The molecule has 2 aromatic carbocycles. The molecule has 3 rings (SSSR count). The van der Waals surface area contributed by atoms with Crippen LogP contribution in [0.5, 0.6) is 0 Å². The molecule has 7 nitrogen and oxygen atoms in total. The number of hydrogen-bond donors (Lipinski definition) is 3. The highest BCUT2D eigenvalue weighted by atomic mass is 16.5. The summed E-state index contributed by atoms with van der Waals surface area (Å²) in [6, 6.07) is 17.4. The van der Waals surface area contributed by atoms with E-state index in [1.165, 1.54) is 12.1 Å². The topological polar surface area (TPSA) is 111 Å². The Balaban J connectivity index is 1.60.